The van der Waals surface area contributed by atoms with Gasteiger partial charge in [0.05, 0.1) is 31.2 Å². The number of ether oxygens (including phenoxy) is 1. The Morgan fingerprint density at radius 3 is 2.83 bits per heavy atom. The number of rotatable bonds is 5. The van der Waals surface area contributed by atoms with Gasteiger partial charge in [0.25, 0.3) is 0 Å². The molecule has 6 nitrogen and oxygen atoms in total. The summed E-state index contributed by atoms with van der Waals surface area (Å²) in [6.45, 7) is 3.01. The minimum absolute atomic E-state index is 0.173. The Balaban J connectivity index is 1.77. The number of carbonyl (C=O) groups is 1. The van der Waals surface area contributed by atoms with Gasteiger partial charge in [0.15, 0.2) is 0 Å². The second-order valence-electron chi connectivity index (χ2n) is 5.32. The van der Waals surface area contributed by atoms with Crippen molar-refractivity contribution in [2.75, 3.05) is 19.0 Å². The van der Waals surface area contributed by atoms with Crippen molar-refractivity contribution in [1.82, 2.24) is 14.3 Å². The highest BCUT2D eigenvalue weighted by molar-refractivity contribution is 5.90. The number of hydrogen-bond acceptors (Lipinski definition) is 3. The predicted octanol–water partition coefficient (Wildman–Crippen LogP) is 3.40. The van der Waals surface area contributed by atoms with Crippen LogP contribution in [-0.2, 0) is 6.54 Å². The van der Waals surface area contributed by atoms with Crippen LogP contribution >= 0.6 is 0 Å². The van der Waals surface area contributed by atoms with Gasteiger partial charge >= 0.3 is 6.03 Å². The molecule has 2 amide bonds. The Morgan fingerprint density at radius 2 is 2.04 bits per heavy atom. The van der Waals surface area contributed by atoms with Crippen molar-refractivity contribution in [3.05, 3.63) is 60.6 Å². The number of urea groups is 1. The number of aromatic nitrogens is 2. The van der Waals surface area contributed by atoms with Crippen LogP contribution < -0.4 is 10.1 Å². The van der Waals surface area contributed by atoms with Crippen LogP contribution in [0.25, 0.3) is 5.65 Å². The summed E-state index contributed by atoms with van der Waals surface area (Å²) < 4.78 is 7.26. The zero-order valence-electron chi connectivity index (χ0n) is 13.8. The van der Waals surface area contributed by atoms with Gasteiger partial charge in [-0.05, 0) is 31.2 Å². The van der Waals surface area contributed by atoms with Crippen LogP contribution in [0.1, 0.15) is 12.6 Å². The standard InChI is InChI=1S/C18H20N4O2/c1-3-21(13-14-12-19-17-10-6-7-11-22(14)17)18(23)20-15-8-4-5-9-16(15)24-2/h4-12H,3,13H2,1-2H3,(H,20,23). The topological polar surface area (TPSA) is 58.9 Å². The molecule has 0 saturated heterocycles. The number of nitrogens with zero attached hydrogens (tertiary/aromatic N) is 3. The molecule has 0 saturated carbocycles. The molecule has 0 aliphatic rings. The predicted molar refractivity (Wildman–Crippen MR) is 93.3 cm³/mol. The average molecular weight is 324 g/mol. The first-order chi connectivity index (χ1) is 11.7. The van der Waals surface area contributed by atoms with Crippen LogP contribution in [0, 0.1) is 0 Å². The number of imidazole rings is 1. The van der Waals surface area contributed by atoms with Crippen LogP contribution in [0.4, 0.5) is 10.5 Å². The fourth-order valence-electron chi connectivity index (χ4n) is 2.57. The van der Waals surface area contributed by atoms with Crippen LogP contribution in [0.2, 0.25) is 0 Å². The molecule has 3 rings (SSSR count). The van der Waals surface area contributed by atoms with Crippen molar-refractivity contribution in [2.24, 2.45) is 0 Å². The van der Waals surface area contributed by atoms with Crippen LogP contribution in [-0.4, -0.2) is 34.0 Å². The number of methoxy groups -OCH3 is 1. The van der Waals surface area contributed by atoms with Crippen LogP contribution in [0.15, 0.2) is 54.9 Å². The Kier molecular flexibility index (Phi) is 4.65. The van der Waals surface area contributed by atoms with E-state index in [9.17, 15) is 4.79 Å². The maximum absolute atomic E-state index is 12.6. The number of amides is 2. The van der Waals surface area contributed by atoms with Gasteiger partial charge in [-0.3, -0.25) is 0 Å². The van der Waals surface area contributed by atoms with E-state index in [2.05, 4.69) is 10.3 Å². The van der Waals surface area contributed by atoms with Gasteiger partial charge in [-0.1, -0.05) is 18.2 Å². The van der Waals surface area contributed by atoms with E-state index in [1.54, 1.807) is 18.2 Å². The molecule has 0 fully saturated rings. The maximum Gasteiger partial charge on any atom is 0.322 e. The molecule has 0 radical (unpaired) electrons. The zero-order valence-corrected chi connectivity index (χ0v) is 13.8. The highest BCUT2D eigenvalue weighted by Gasteiger charge is 2.16. The van der Waals surface area contributed by atoms with Crippen molar-refractivity contribution >= 4 is 17.4 Å². The fraction of sp³-hybridized carbons (Fsp3) is 0.222. The van der Waals surface area contributed by atoms with E-state index >= 15 is 0 Å². The maximum atomic E-state index is 12.6. The van der Waals surface area contributed by atoms with E-state index in [1.165, 1.54) is 0 Å². The summed E-state index contributed by atoms with van der Waals surface area (Å²) >= 11 is 0. The minimum atomic E-state index is -0.173. The van der Waals surface area contributed by atoms with Gasteiger partial charge in [-0.25, -0.2) is 9.78 Å². The molecule has 0 unspecified atom stereocenters. The number of benzene rings is 1. The average Bonchev–Trinajstić information content (AvgIpc) is 3.03. The van der Waals surface area contributed by atoms with Gasteiger partial charge < -0.3 is 19.4 Å². The van der Waals surface area contributed by atoms with E-state index in [-0.39, 0.29) is 6.03 Å². The molecule has 0 bridgehead atoms. The summed E-state index contributed by atoms with van der Waals surface area (Å²) in [7, 11) is 1.58. The molecule has 0 aliphatic heterocycles. The lowest BCUT2D eigenvalue weighted by Gasteiger charge is -2.21. The lowest BCUT2D eigenvalue weighted by molar-refractivity contribution is 0.211. The minimum Gasteiger partial charge on any atom is -0.495 e. The third-order valence-corrected chi connectivity index (χ3v) is 3.86. The molecular weight excluding hydrogens is 304 g/mol. The first kappa shape index (κ1) is 15.9. The molecule has 1 N–H and O–H groups in total. The van der Waals surface area contributed by atoms with Crippen molar-refractivity contribution in [2.45, 2.75) is 13.5 Å². The van der Waals surface area contributed by atoms with Crippen LogP contribution in [0.5, 0.6) is 5.75 Å². The lowest BCUT2D eigenvalue weighted by atomic mass is 10.3. The van der Waals surface area contributed by atoms with Gasteiger partial charge in [0.1, 0.15) is 11.4 Å². The molecule has 0 atom stereocenters. The fourth-order valence-corrected chi connectivity index (χ4v) is 2.57. The summed E-state index contributed by atoms with van der Waals surface area (Å²) in [6.07, 6.45) is 3.75. The summed E-state index contributed by atoms with van der Waals surface area (Å²) in [5.41, 5.74) is 2.48. The van der Waals surface area contributed by atoms with E-state index < -0.39 is 0 Å². The third kappa shape index (κ3) is 3.17. The molecule has 0 aliphatic carbocycles. The summed E-state index contributed by atoms with van der Waals surface area (Å²) in [5.74, 6) is 0.636. The zero-order chi connectivity index (χ0) is 16.9. The van der Waals surface area contributed by atoms with Crippen molar-refractivity contribution in [3.8, 4) is 5.75 Å². The van der Waals surface area contributed by atoms with Crippen molar-refractivity contribution in [1.29, 1.82) is 0 Å². The van der Waals surface area contributed by atoms with E-state index in [4.69, 9.17) is 4.74 Å². The Labute approximate surface area is 140 Å². The molecule has 2 aromatic heterocycles. The Hall–Kier alpha value is -3.02. The summed E-state index contributed by atoms with van der Waals surface area (Å²) in [4.78, 5) is 18.7. The SMILES string of the molecule is CCN(Cc1cnc2ccccn12)C(=O)Nc1ccccc1OC. The van der Waals surface area contributed by atoms with Crippen LogP contribution in [0.3, 0.4) is 0 Å². The second-order valence-corrected chi connectivity index (χ2v) is 5.32. The number of carbonyl (C=O) groups excluding carboxylic acids is 1. The normalized spacial score (nSPS) is 10.6. The lowest BCUT2D eigenvalue weighted by Crippen LogP contribution is -2.34. The second kappa shape index (κ2) is 7.04. The highest BCUT2D eigenvalue weighted by Crippen LogP contribution is 2.23. The molecule has 6 heteroatoms. The summed E-state index contributed by atoms with van der Waals surface area (Å²) in [5, 5.41) is 2.91. The Bertz CT molecular complexity index is 844. The largest absolute Gasteiger partial charge is 0.495 e. The van der Waals surface area contributed by atoms with Crippen molar-refractivity contribution in [3.63, 3.8) is 0 Å². The van der Waals surface area contributed by atoms with Gasteiger partial charge in [-0.15, -0.1) is 0 Å². The quantitative estimate of drug-likeness (QED) is 0.782. The monoisotopic (exact) mass is 324 g/mol. The number of nitrogens with one attached hydrogen (secondary N) is 1. The van der Waals surface area contributed by atoms with Gasteiger partial charge in [0, 0.05) is 12.7 Å². The first-order valence-corrected chi connectivity index (χ1v) is 7.83. The number of fused-ring (bicyclic) bond motifs is 1. The van der Waals surface area contributed by atoms with E-state index in [0.29, 0.717) is 24.5 Å². The van der Waals surface area contributed by atoms with E-state index in [1.807, 2.05) is 60.0 Å². The molecule has 2 heterocycles. The first-order valence-electron chi connectivity index (χ1n) is 7.83. The van der Waals surface area contributed by atoms with Gasteiger partial charge in [-0.2, -0.15) is 0 Å². The smallest absolute Gasteiger partial charge is 0.322 e. The molecule has 3 aromatic rings. The molecule has 0 spiro atoms. The number of para-hydroxylation sites is 2. The summed E-state index contributed by atoms with van der Waals surface area (Å²) in [6, 6.07) is 13.0. The third-order valence-electron chi connectivity index (χ3n) is 3.86. The molecule has 1 aromatic carbocycles. The van der Waals surface area contributed by atoms with Crippen molar-refractivity contribution < 1.29 is 9.53 Å². The molecule has 24 heavy (non-hydrogen) atoms. The van der Waals surface area contributed by atoms with E-state index in [0.717, 1.165) is 11.3 Å². The highest BCUT2D eigenvalue weighted by atomic mass is 16.5. The molecule has 124 valence electrons. The Morgan fingerprint density at radius 1 is 1.25 bits per heavy atom. The van der Waals surface area contributed by atoms with Gasteiger partial charge in [0.2, 0.25) is 0 Å². The number of anilines is 1. The number of pyridine rings is 1. The molecular formula is C18H20N4O2. The number of hydrogen-bond donors (Lipinski definition) is 1.